The summed E-state index contributed by atoms with van der Waals surface area (Å²) in [5, 5.41) is 22.5. The van der Waals surface area contributed by atoms with Crippen LogP contribution in [0, 0.1) is 17.0 Å². The van der Waals surface area contributed by atoms with Crippen molar-refractivity contribution in [2.24, 2.45) is 0 Å². The Labute approximate surface area is 101 Å². The van der Waals surface area contributed by atoms with Gasteiger partial charge in [-0.05, 0) is 32.3 Å². The first-order valence-corrected chi connectivity index (χ1v) is 5.75. The molecule has 1 aromatic rings. The number of benzene rings is 1. The smallest absolute Gasteiger partial charge is 0.274 e. The zero-order valence-corrected chi connectivity index (χ0v) is 9.98. The highest BCUT2D eigenvalue weighted by molar-refractivity contribution is 5.54. The van der Waals surface area contributed by atoms with Crippen LogP contribution < -0.4 is 5.32 Å². The van der Waals surface area contributed by atoms with Gasteiger partial charge in [0.2, 0.25) is 0 Å². The number of hydrogen-bond acceptors (Lipinski definition) is 4. The number of aliphatic hydroxyl groups excluding tert-OH is 1. The molecule has 0 aromatic heterocycles. The van der Waals surface area contributed by atoms with Gasteiger partial charge in [-0.15, -0.1) is 0 Å². The Morgan fingerprint density at radius 2 is 2.12 bits per heavy atom. The molecule has 0 fully saturated rings. The van der Waals surface area contributed by atoms with E-state index in [-0.39, 0.29) is 17.2 Å². The first-order valence-electron chi connectivity index (χ1n) is 5.75. The predicted octanol–water partition coefficient (Wildman–Crippen LogP) is 2.48. The molecular formula is C12H18N2O3. The van der Waals surface area contributed by atoms with Crippen molar-refractivity contribution >= 4 is 11.4 Å². The van der Waals surface area contributed by atoms with Crippen LogP contribution in [0.3, 0.4) is 0 Å². The first-order chi connectivity index (χ1) is 8.15. The lowest BCUT2D eigenvalue weighted by Gasteiger charge is -2.06. The van der Waals surface area contributed by atoms with Gasteiger partial charge in [-0.1, -0.05) is 6.07 Å². The summed E-state index contributed by atoms with van der Waals surface area (Å²) in [6.45, 7) is 2.71. The van der Waals surface area contributed by atoms with Gasteiger partial charge in [0.25, 0.3) is 5.69 Å². The fourth-order valence-corrected chi connectivity index (χ4v) is 1.56. The van der Waals surface area contributed by atoms with Crippen LogP contribution in [0.5, 0.6) is 0 Å². The minimum Gasteiger partial charge on any atom is -0.396 e. The molecule has 1 rings (SSSR count). The van der Waals surface area contributed by atoms with Crippen LogP contribution in [0.1, 0.15) is 24.8 Å². The molecule has 0 aliphatic carbocycles. The Balaban J connectivity index is 2.49. The molecule has 0 bridgehead atoms. The number of hydrogen-bond donors (Lipinski definition) is 2. The van der Waals surface area contributed by atoms with E-state index in [1.54, 1.807) is 19.1 Å². The second-order valence-electron chi connectivity index (χ2n) is 3.97. The van der Waals surface area contributed by atoms with E-state index in [4.69, 9.17) is 5.11 Å². The van der Waals surface area contributed by atoms with Gasteiger partial charge in [-0.25, -0.2) is 0 Å². The number of nitro benzene ring substituents is 1. The van der Waals surface area contributed by atoms with E-state index < -0.39 is 0 Å². The fraction of sp³-hybridized carbons (Fsp3) is 0.500. The summed E-state index contributed by atoms with van der Waals surface area (Å²) in [6.07, 6.45) is 2.70. The van der Waals surface area contributed by atoms with Crippen LogP contribution in [0.4, 0.5) is 11.4 Å². The van der Waals surface area contributed by atoms with Crippen molar-refractivity contribution in [2.75, 3.05) is 18.5 Å². The molecule has 0 saturated heterocycles. The maximum atomic E-state index is 10.7. The standard InChI is InChI=1S/C12H18N2O3/c1-10-5-6-11(9-12(10)14(16)17)13-7-3-2-4-8-15/h5-6,9,13,15H,2-4,7-8H2,1H3. The van der Waals surface area contributed by atoms with Crippen LogP contribution >= 0.6 is 0 Å². The largest absolute Gasteiger partial charge is 0.396 e. The lowest BCUT2D eigenvalue weighted by molar-refractivity contribution is -0.385. The molecule has 1 aromatic carbocycles. The lowest BCUT2D eigenvalue weighted by Crippen LogP contribution is -2.02. The van der Waals surface area contributed by atoms with E-state index in [2.05, 4.69) is 5.32 Å². The summed E-state index contributed by atoms with van der Waals surface area (Å²) >= 11 is 0. The van der Waals surface area contributed by atoms with Crippen LogP contribution in [0.2, 0.25) is 0 Å². The second kappa shape index (κ2) is 6.85. The van der Waals surface area contributed by atoms with Gasteiger partial charge >= 0.3 is 0 Å². The average molecular weight is 238 g/mol. The monoisotopic (exact) mass is 238 g/mol. The Hall–Kier alpha value is -1.62. The van der Waals surface area contributed by atoms with Gasteiger partial charge in [0, 0.05) is 30.5 Å². The van der Waals surface area contributed by atoms with Crippen molar-refractivity contribution in [3.8, 4) is 0 Å². The van der Waals surface area contributed by atoms with Crippen molar-refractivity contribution in [1.82, 2.24) is 0 Å². The third-order valence-corrected chi connectivity index (χ3v) is 2.57. The molecule has 2 N–H and O–H groups in total. The molecule has 0 saturated carbocycles. The maximum Gasteiger partial charge on any atom is 0.274 e. The first kappa shape index (κ1) is 13.4. The molecule has 0 amide bonds. The molecule has 0 spiro atoms. The molecule has 0 heterocycles. The van der Waals surface area contributed by atoms with Gasteiger partial charge in [0.1, 0.15) is 0 Å². The van der Waals surface area contributed by atoms with Gasteiger partial charge in [0.15, 0.2) is 0 Å². The number of unbranched alkanes of at least 4 members (excludes halogenated alkanes) is 2. The van der Waals surface area contributed by atoms with Crippen LogP contribution in [-0.2, 0) is 0 Å². The summed E-state index contributed by atoms with van der Waals surface area (Å²) in [6, 6.07) is 5.14. The summed E-state index contributed by atoms with van der Waals surface area (Å²) in [5.74, 6) is 0. The highest BCUT2D eigenvalue weighted by Crippen LogP contribution is 2.22. The Morgan fingerprint density at radius 1 is 1.35 bits per heavy atom. The maximum absolute atomic E-state index is 10.7. The number of nitro groups is 1. The van der Waals surface area contributed by atoms with Gasteiger partial charge in [-0.3, -0.25) is 10.1 Å². The Morgan fingerprint density at radius 3 is 2.76 bits per heavy atom. The molecule has 0 atom stereocenters. The summed E-state index contributed by atoms with van der Waals surface area (Å²) in [4.78, 5) is 10.4. The van der Waals surface area contributed by atoms with Gasteiger partial charge in [0.05, 0.1) is 4.92 Å². The molecule has 94 valence electrons. The molecule has 5 nitrogen and oxygen atoms in total. The number of aliphatic hydroxyl groups is 1. The SMILES string of the molecule is Cc1ccc(NCCCCCO)cc1[N+](=O)[O-]. The zero-order valence-electron chi connectivity index (χ0n) is 9.98. The molecule has 0 unspecified atom stereocenters. The van der Waals surface area contributed by atoms with Crippen molar-refractivity contribution < 1.29 is 10.0 Å². The number of anilines is 1. The molecular weight excluding hydrogens is 220 g/mol. The zero-order chi connectivity index (χ0) is 12.7. The van der Waals surface area contributed by atoms with E-state index >= 15 is 0 Å². The fourth-order valence-electron chi connectivity index (χ4n) is 1.56. The van der Waals surface area contributed by atoms with E-state index in [1.165, 1.54) is 0 Å². The van der Waals surface area contributed by atoms with E-state index in [1.807, 2.05) is 6.07 Å². The molecule has 17 heavy (non-hydrogen) atoms. The summed E-state index contributed by atoms with van der Waals surface area (Å²) in [5.41, 5.74) is 1.58. The minimum atomic E-state index is -0.369. The molecule has 0 radical (unpaired) electrons. The average Bonchev–Trinajstić information content (AvgIpc) is 2.30. The Kier molecular flexibility index (Phi) is 5.42. The van der Waals surface area contributed by atoms with E-state index in [0.29, 0.717) is 5.56 Å². The van der Waals surface area contributed by atoms with Crippen LogP contribution in [0.25, 0.3) is 0 Å². The van der Waals surface area contributed by atoms with Crippen LogP contribution in [-0.4, -0.2) is 23.2 Å². The minimum absolute atomic E-state index is 0.144. The molecule has 5 heteroatoms. The second-order valence-corrected chi connectivity index (χ2v) is 3.97. The van der Waals surface area contributed by atoms with E-state index in [9.17, 15) is 10.1 Å². The summed E-state index contributed by atoms with van der Waals surface area (Å²) < 4.78 is 0. The lowest BCUT2D eigenvalue weighted by atomic mass is 10.2. The normalized spacial score (nSPS) is 10.2. The Bertz CT molecular complexity index is 380. The quantitative estimate of drug-likeness (QED) is 0.434. The van der Waals surface area contributed by atoms with Crippen molar-refractivity contribution in [3.05, 3.63) is 33.9 Å². The number of nitrogens with zero attached hydrogens (tertiary/aromatic N) is 1. The highest BCUT2D eigenvalue weighted by Gasteiger charge is 2.10. The molecule has 0 aliphatic rings. The number of nitrogens with one attached hydrogen (secondary N) is 1. The number of rotatable bonds is 7. The predicted molar refractivity (Wildman–Crippen MR) is 67.3 cm³/mol. The van der Waals surface area contributed by atoms with Gasteiger partial charge in [-0.2, -0.15) is 0 Å². The third kappa shape index (κ3) is 4.40. The van der Waals surface area contributed by atoms with Crippen molar-refractivity contribution in [3.63, 3.8) is 0 Å². The number of aryl methyl sites for hydroxylation is 1. The third-order valence-electron chi connectivity index (χ3n) is 2.57. The topological polar surface area (TPSA) is 75.4 Å². The highest BCUT2D eigenvalue weighted by atomic mass is 16.6. The van der Waals surface area contributed by atoms with E-state index in [0.717, 1.165) is 31.5 Å². The summed E-state index contributed by atoms with van der Waals surface area (Å²) in [7, 11) is 0. The van der Waals surface area contributed by atoms with Crippen molar-refractivity contribution in [2.45, 2.75) is 26.2 Å². The van der Waals surface area contributed by atoms with Gasteiger partial charge < -0.3 is 10.4 Å². The molecule has 0 aliphatic heterocycles. The van der Waals surface area contributed by atoms with Crippen molar-refractivity contribution in [1.29, 1.82) is 0 Å². The van der Waals surface area contributed by atoms with Crippen LogP contribution in [0.15, 0.2) is 18.2 Å².